The summed E-state index contributed by atoms with van der Waals surface area (Å²) in [4.78, 5) is 6.65. The van der Waals surface area contributed by atoms with E-state index < -0.39 is 0 Å². The zero-order valence-corrected chi connectivity index (χ0v) is 10.8. The van der Waals surface area contributed by atoms with Crippen LogP contribution in [-0.2, 0) is 0 Å². The predicted octanol–water partition coefficient (Wildman–Crippen LogP) is 3.01. The Balaban J connectivity index is 1.70. The summed E-state index contributed by atoms with van der Waals surface area (Å²) in [7, 11) is 0. The smallest absolute Gasteiger partial charge is 0.130 e. The lowest BCUT2D eigenvalue weighted by Gasteiger charge is -2.17. The number of rotatable bonds is 3. The second-order valence-electron chi connectivity index (χ2n) is 4.84. The van der Waals surface area contributed by atoms with Gasteiger partial charge in [-0.2, -0.15) is 0 Å². The van der Waals surface area contributed by atoms with E-state index in [1.807, 2.05) is 12.1 Å². The van der Waals surface area contributed by atoms with Crippen molar-refractivity contribution >= 4 is 22.9 Å². The molecular formula is C15H18N4. The Bertz CT molecular complexity index is 527. The van der Waals surface area contributed by atoms with Crippen molar-refractivity contribution in [1.29, 1.82) is 0 Å². The summed E-state index contributed by atoms with van der Waals surface area (Å²) < 4.78 is 0. The lowest BCUT2D eigenvalue weighted by atomic mass is 10.2. The average molecular weight is 254 g/mol. The first-order valence-corrected chi connectivity index (χ1v) is 6.65. The monoisotopic (exact) mass is 254 g/mol. The molecule has 19 heavy (non-hydrogen) atoms. The zero-order chi connectivity index (χ0) is 13.1. The molecule has 1 fully saturated rings. The van der Waals surface area contributed by atoms with Gasteiger partial charge in [0.15, 0.2) is 0 Å². The Kier molecular flexibility index (Phi) is 3.23. The number of benzene rings is 1. The van der Waals surface area contributed by atoms with E-state index in [1.54, 1.807) is 6.20 Å². The largest absolute Gasteiger partial charge is 0.397 e. The molecule has 4 nitrogen and oxygen atoms in total. The van der Waals surface area contributed by atoms with Crippen molar-refractivity contribution in [2.24, 2.45) is 0 Å². The van der Waals surface area contributed by atoms with E-state index in [0.717, 1.165) is 11.5 Å². The molecule has 1 saturated heterocycles. The van der Waals surface area contributed by atoms with Gasteiger partial charge >= 0.3 is 0 Å². The van der Waals surface area contributed by atoms with Crippen molar-refractivity contribution in [1.82, 2.24) is 4.98 Å². The summed E-state index contributed by atoms with van der Waals surface area (Å²) in [5.41, 5.74) is 8.63. The summed E-state index contributed by atoms with van der Waals surface area (Å²) in [6.07, 6.45) is 4.26. The van der Waals surface area contributed by atoms with Crippen molar-refractivity contribution in [2.45, 2.75) is 12.8 Å². The Morgan fingerprint density at radius 2 is 1.74 bits per heavy atom. The van der Waals surface area contributed by atoms with Gasteiger partial charge in [0.1, 0.15) is 5.82 Å². The summed E-state index contributed by atoms with van der Waals surface area (Å²) in [6.45, 7) is 2.35. The molecule has 0 bridgehead atoms. The maximum atomic E-state index is 5.61. The van der Waals surface area contributed by atoms with Gasteiger partial charge in [0.2, 0.25) is 0 Å². The first-order valence-electron chi connectivity index (χ1n) is 6.65. The molecule has 0 aliphatic carbocycles. The van der Waals surface area contributed by atoms with Gasteiger partial charge in [-0.05, 0) is 49.2 Å². The number of nitrogens with zero attached hydrogens (tertiary/aromatic N) is 2. The number of anilines is 4. The fraction of sp³-hybridized carbons (Fsp3) is 0.267. The van der Waals surface area contributed by atoms with Crippen LogP contribution in [0.3, 0.4) is 0 Å². The topological polar surface area (TPSA) is 54.2 Å². The Morgan fingerprint density at radius 3 is 2.37 bits per heavy atom. The number of nitrogens with two attached hydrogens (primary N) is 1. The molecule has 0 unspecified atom stereocenters. The van der Waals surface area contributed by atoms with Crippen molar-refractivity contribution in [2.75, 3.05) is 29.0 Å². The minimum atomic E-state index is 0.676. The van der Waals surface area contributed by atoms with E-state index in [2.05, 4.69) is 39.5 Å². The third-order valence-electron chi connectivity index (χ3n) is 3.40. The number of pyridine rings is 1. The van der Waals surface area contributed by atoms with E-state index in [0.29, 0.717) is 5.69 Å². The van der Waals surface area contributed by atoms with E-state index in [4.69, 9.17) is 5.73 Å². The fourth-order valence-corrected chi connectivity index (χ4v) is 2.36. The van der Waals surface area contributed by atoms with Crippen molar-refractivity contribution in [3.63, 3.8) is 0 Å². The van der Waals surface area contributed by atoms with Crippen LogP contribution in [0.2, 0.25) is 0 Å². The van der Waals surface area contributed by atoms with Crippen LogP contribution in [0.25, 0.3) is 0 Å². The van der Waals surface area contributed by atoms with Gasteiger partial charge in [-0.3, -0.25) is 0 Å². The highest BCUT2D eigenvalue weighted by Gasteiger charge is 2.11. The van der Waals surface area contributed by atoms with Crippen molar-refractivity contribution in [3.8, 4) is 0 Å². The van der Waals surface area contributed by atoms with Crippen LogP contribution in [0.4, 0.5) is 22.9 Å². The van der Waals surface area contributed by atoms with Crippen LogP contribution in [0, 0.1) is 0 Å². The third-order valence-corrected chi connectivity index (χ3v) is 3.40. The lowest BCUT2D eigenvalue weighted by Crippen LogP contribution is -2.17. The fourth-order valence-electron chi connectivity index (χ4n) is 2.36. The molecule has 0 saturated carbocycles. The summed E-state index contributed by atoms with van der Waals surface area (Å²) in [6, 6.07) is 12.2. The quantitative estimate of drug-likeness (QED) is 0.884. The molecule has 2 heterocycles. The van der Waals surface area contributed by atoms with Gasteiger partial charge < -0.3 is 16.0 Å². The van der Waals surface area contributed by atoms with Crippen LogP contribution in [0.1, 0.15) is 12.8 Å². The van der Waals surface area contributed by atoms with Crippen LogP contribution in [-0.4, -0.2) is 18.1 Å². The average Bonchev–Trinajstić information content (AvgIpc) is 2.96. The maximum Gasteiger partial charge on any atom is 0.130 e. The molecule has 0 amide bonds. The number of nitrogens with one attached hydrogen (secondary N) is 1. The summed E-state index contributed by atoms with van der Waals surface area (Å²) in [5, 5.41) is 3.26. The van der Waals surface area contributed by atoms with Gasteiger partial charge in [-0.15, -0.1) is 0 Å². The van der Waals surface area contributed by atoms with E-state index in [-0.39, 0.29) is 0 Å². The highest BCUT2D eigenvalue weighted by molar-refractivity contribution is 5.61. The molecule has 98 valence electrons. The lowest BCUT2D eigenvalue weighted by molar-refractivity contribution is 0.949. The second-order valence-corrected chi connectivity index (χ2v) is 4.84. The van der Waals surface area contributed by atoms with Crippen LogP contribution >= 0.6 is 0 Å². The highest BCUT2D eigenvalue weighted by Crippen LogP contribution is 2.23. The minimum Gasteiger partial charge on any atom is -0.397 e. The van der Waals surface area contributed by atoms with Crippen molar-refractivity contribution in [3.05, 3.63) is 42.6 Å². The van der Waals surface area contributed by atoms with Gasteiger partial charge in [0, 0.05) is 24.5 Å². The molecule has 1 aliphatic heterocycles. The SMILES string of the molecule is Nc1ccc(Nc2ccc(N3CCCC3)cc2)nc1. The summed E-state index contributed by atoms with van der Waals surface area (Å²) >= 11 is 0. The molecular weight excluding hydrogens is 236 g/mol. The standard InChI is InChI=1S/C15H18N4/c16-12-3-8-15(17-11-12)18-13-4-6-14(7-5-13)19-9-1-2-10-19/h3-8,11H,1-2,9-10,16H2,(H,17,18). The van der Waals surface area contributed by atoms with E-state index in [1.165, 1.54) is 31.6 Å². The molecule has 2 aromatic rings. The van der Waals surface area contributed by atoms with Crippen LogP contribution in [0.15, 0.2) is 42.6 Å². The molecule has 1 aromatic carbocycles. The molecule has 3 N–H and O–H groups in total. The normalized spacial score (nSPS) is 14.6. The number of hydrogen-bond acceptors (Lipinski definition) is 4. The number of aromatic nitrogens is 1. The van der Waals surface area contributed by atoms with Crippen LogP contribution < -0.4 is 16.0 Å². The predicted molar refractivity (Wildman–Crippen MR) is 79.8 cm³/mol. The van der Waals surface area contributed by atoms with Gasteiger partial charge in [0.25, 0.3) is 0 Å². The minimum absolute atomic E-state index is 0.676. The molecule has 0 spiro atoms. The third kappa shape index (κ3) is 2.78. The van der Waals surface area contributed by atoms with Gasteiger partial charge in [0.05, 0.1) is 11.9 Å². The molecule has 1 aliphatic rings. The molecule has 4 heteroatoms. The zero-order valence-electron chi connectivity index (χ0n) is 10.8. The number of nitrogen functional groups attached to an aromatic ring is 1. The number of hydrogen-bond donors (Lipinski definition) is 2. The molecule has 1 aromatic heterocycles. The van der Waals surface area contributed by atoms with Crippen LogP contribution in [0.5, 0.6) is 0 Å². The molecule has 0 atom stereocenters. The Morgan fingerprint density at radius 1 is 1.00 bits per heavy atom. The van der Waals surface area contributed by atoms with Gasteiger partial charge in [-0.25, -0.2) is 4.98 Å². The first-order chi connectivity index (χ1) is 9.31. The Hall–Kier alpha value is -2.23. The van der Waals surface area contributed by atoms with Crippen molar-refractivity contribution < 1.29 is 0 Å². The maximum absolute atomic E-state index is 5.61. The van der Waals surface area contributed by atoms with E-state index in [9.17, 15) is 0 Å². The molecule has 3 rings (SSSR count). The highest BCUT2D eigenvalue weighted by atomic mass is 15.1. The summed E-state index contributed by atoms with van der Waals surface area (Å²) in [5.74, 6) is 0.808. The Labute approximate surface area is 113 Å². The van der Waals surface area contributed by atoms with Gasteiger partial charge in [-0.1, -0.05) is 0 Å². The van der Waals surface area contributed by atoms with E-state index >= 15 is 0 Å². The molecule has 0 radical (unpaired) electrons. The second kappa shape index (κ2) is 5.18. The first kappa shape index (κ1) is 11.8.